The zero-order chi connectivity index (χ0) is 16.7. The van der Waals surface area contributed by atoms with E-state index in [9.17, 15) is 27.2 Å². The number of sulfone groups is 1. The van der Waals surface area contributed by atoms with E-state index in [1.807, 2.05) is 0 Å². The number of benzene rings is 1. The molecule has 0 atom stereocenters. The van der Waals surface area contributed by atoms with Crippen molar-refractivity contribution < 1.29 is 27.2 Å². The summed E-state index contributed by atoms with van der Waals surface area (Å²) in [6.07, 6.45) is 0.967. The van der Waals surface area contributed by atoms with Crippen molar-refractivity contribution in [2.75, 3.05) is 23.9 Å². The summed E-state index contributed by atoms with van der Waals surface area (Å²) in [5.74, 6) is -3.54. The van der Waals surface area contributed by atoms with Crippen LogP contribution >= 0.6 is 0 Å². The third kappa shape index (κ3) is 2.98. The average molecular weight is 328 g/mol. The van der Waals surface area contributed by atoms with Gasteiger partial charge in [-0.05, 0) is 12.1 Å². The molecular formula is C13H13FN2O5S. The van der Waals surface area contributed by atoms with Gasteiger partial charge in [-0.25, -0.2) is 12.8 Å². The van der Waals surface area contributed by atoms with Gasteiger partial charge in [-0.3, -0.25) is 19.3 Å². The molecule has 0 radical (unpaired) electrons. The number of nitrogens with zero attached hydrogens (tertiary/aromatic N) is 1. The van der Waals surface area contributed by atoms with E-state index in [-0.39, 0.29) is 17.8 Å². The van der Waals surface area contributed by atoms with Gasteiger partial charge in [-0.15, -0.1) is 0 Å². The highest BCUT2D eigenvalue weighted by Crippen LogP contribution is 2.31. The van der Waals surface area contributed by atoms with Crippen molar-refractivity contribution >= 4 is 33.2 Å². The van der Waals surface area contributed by atoms with Crippen LogP contribution in [0.2, 0.25) is 0 Å². The second-order valence-electron chi connectivity index (χ2n) is 4.92. The molecule has 9 heteroatoms. The summed E-state index contributed by atoms with van der Waals surface area (Å²) in [5, 5.41) is 2.35. The van der Waals surface area contributed by atoms with E-state index >= 15 is 0 Å². The Labute approximate surface area is 126 Å². The van der Waals surface area contributed by atoms with Crippen molar-refractivity contribution in [3.63, 3.8) is 0 Å². The number of nitrogens with one attached hydrogen (secondary N) is 1. The van der Waals surface area contributed by atoms with Crippen LogP contribution in [-0.4, -0.2) is 49.6 Å². The van der Waals surface area contributed by atoms with Crippen LogP contribution in [-0.2, 0) is 14.6 Å². The maximum absolute atomic E-state index is 13.8. The van der Waals surface area contributed by atoms with Gasteiger partial charge in [0, 0.05) is 19.7 Å². The van der Waals surface area contributed by atoms with Crippen LogP contribution in [0.1, 0.15) is 27.6 Å². The van der Waals surface area contributed by atoms with Gasteiger partial charge in [-0.2, -0.15) is 0 Å². The summed E-state index contributed by atoms with van der Waals surface area (Å²) in [6, 6.07) is 2.15. The van der Waals surface area contributed by atoms with Gasteiger partial charge in [0.2, 0.25) is 5.91 Å². The molecule has 1 heterocycles. The molecule has 0 aromatic heterocycles. The van der Waals surface area contributed by atoms with Gasteiger partial charge in [0.15, 0.2) is 0 Å². The van der Waals surface area contributed by atoms with Gasteiger partial charge in [-0.1, -0.05) is 0 Å². The van der Waals surface area contributed by atoms with Crippen LogP contribution in [0.4, 0.5) is 10.1 Å². The first-order valence-corrected chi connectivity index (χ1v) is 8.32. The summed E-state index contributed by atoms with van der Waals surface area (Å²) in [4.78, 5) is 36.2. The van der Waals surface area contributed by atoms with Crippen molar-refractivity contribution in [3.05, 3.63) is 29.1 Å². The van der Waals surface area contributed by atoms with E-state index in [0.717, 1.165) is 12.3 Å². The fourth-order valence-electron chi connectivity index (χ4n) is 2.12. The number of fused-ring (bicyclic) bond motifs is 1. The molecule has 1 aromatic carbocycles. The molecule has 0 saturated carbocycles. The molecule has 0 fully saturated rings. The highest BCUT2D eigenvalue weighted by molar-refractivity contribution is 7.90. The molecule has 3 amide bonds. The Balaban J connectivity index is 2.44. The summed E-state index contributed by atoms with van der Waals surface area (Å²) >= 11 is 0. The molecule has 1 aliphatic rings. The minimum absolute atomic E-state index is 0.0177. The number of carbonyl (C=O) groups excluding carboxylic acids is 3. The van der Waals surface area contributed by atoms with Crippen molar-refractivity contribution in [1.29, 1.82) is 0 Å². The molecule has 22 heavy (non-hydrogen) atoms. The summed E-state index contributed by atoms with van der Waals surface area (Å²) < 4.78 is 36.2. The zero-order valence-corrected chi connectivity index (χ0v) is 12.7. The number of amides is 3. The molecule has 1 aromatic rings. The topological polar surface area (TPSA) is 101 Å². The van der Waals surface area contributed by atoms with E-state index in [4.69, 9.17) is 0 Å². The van der Waals surface area contributed by atoms with E-state index in [2.05, 4.69) is 5.32 Å². The maximum Gasteiger partial charge on any atom is 0.264 e. The predicted molar refractivity (Wildman–Crippen MR) is 75.8 cm³/mol. The van der Waals surface area contributed by atoms with Crippen LogP contribution in [0, 0.1) is 5.82 Å². The molecule has 1 N–H and O–H groups in total. The monoisotopic (exact) mass is 328 g/mol. The van der Waals surface area contributed by atoms with Crippen molar-refractivity contribution in [2.24, 2.45) is 0 Å². The number of hydrogen-bond acceptors (Lipinski definition) is 5. The van der Waals surface area contributed by atoms with Crippen LogP contribution in [0.3, 0.4) is 0 Å². The third-order valence-electron chi connectivity index (χ3n) is 3.07. The first-order valence-electron chi connectivity index (χ1n) is 6.26. The minimum Gasteiger partial charge on any atom is -0.326 e. The number of rotatable bonds is 4. The van der Waals surface area contributed by atoms with Crippen LogP contribution in [0.15, 0.2) is 12.1 Å². The van der Waals surface area contributed by atoms with Crippen LogP contribution in [0.5, 0.6) is 0 Å². The van der Waals surface area contributed by atoms with E-state index in [1.54, 1.807) is 0 Å². The van der Waals surface area contributed by atoms with Gasteiger partial charge in [0.1, 0.15) is 15.7 Å². The fraction of sp³-hybridized carbons (Fsp3) is 0.308. The molecule has 2 rings (SSSR count). The van der Waals surface area contributed by atoms with E-state index < -0.39 is 44.7 Å². The molecule has 118 valence electrons. The summed E-state index contributed by atoms with van der Waals surface area (Å²) in [7, 11) is -3.39. The first kappa shape index (κ1) is 16.1. The third-order valence-corrected chi connectivity index (χ3v) is 3.99. The highest BCUT2D eigenvalue weighted by Gasteiger charge is 2.40. The number of anilines is 1. The molecule has 1 aliphatic heterocycles. The molecule has 7 nitrogen and oxygen atoms in total. The number of halogens is 1. The lowest BCUT2D eigenvalue weighted by Crippen LogP contribution is -2.34. The SMILES string of the molecule is CC(=O)Nc1ccc(F)c2c1C(=O)N(CCS(C)(=O)=O)C2=O. The largest absolute Gasteiger partial charge is 0.326 e. The lowest BCUT2D eigenvalue weighted by Gasteiger charge is -2.12. The Morgan fingerprint density at radius 2 is 1.82 bits per heavy atom. The lowest BCUT2D eigenvalue weighted by molar-refractivity contribution is -0.114. The van der Waals surface area contributed by atoms with Crippen molar-refractivity contribution in [3.8, 4) is 0 Å². The molecule has 0 aliphatic carbocycles. The van der Waals surface area contributed by atoms with Gasteiger partial charge in [0.05, 0.1) is 22.6 Å². The predicted octanol–water partition coefficient (Wildman–Crippen LogP) is 0.425. The van der Waals surface area contributed by atoms with E-state index in [0.29, 0.717) is 4.90 Å². The number of imide groups is 1. The zero-order valence-electron chi connectivity index (χ0n) is 11.8. The first-order chi connectivity index (χ1) is 10.1. The normalized spacial score (nSPS) is 14.2. The van der Waals surface area contributed by atoms with Crippen LogP contribution < -0.4 is 5.32 Å². The van der Waals surface area contributed by atoms with Gasteiger partial charge in [0.25, 0.3) is 11.8 Å². The molecule has 0 spiro atoms. The Morgan fingerprint density at radius 3 is 2.36 bits per heavy atom. The van der Waals surface area contributed by atoms with Gasteiger partial charge >= 0.3 is 0 Å². The van der Waals surface area contributed by atoms with E-state index in [1.165, 1.54) is 13.0 Å². The average Bonchev–Trinajstić information content (AvgIpc) is 2.62. The minimum atomic E-state index is -3.39. The second-order valence-corrected chi connectivity index (χ2v) is 7.18. The Kier molecular flexibility index (Phi) is 4.01. The second kappa shape index (κ2) is 5.48. The van der Waals surface area contributed by atoms with Crippen LogP contribution in [0.25, 0.3) is 0 Å². The molecule has 0 unspecified atom stereocenters. The van der Waals surface area contributed by atoms with Gasteiger partial charge < -0.3 is 5.32 Å². The summed E-state index contributed by atoms with van der Waals surface area (Å²) in [5.41, 5.74) is -0.692. The number of carbonyl (C=O) groups is 3. The van der Waals surface area contributed by atoms with Crippen molar-refractivity contribution in [1.82, 2.24) is 4.90 Å². The quantitative estimate of drug-likeness (QED) is 0.808. The highest BCUT2D eigenvalue weighted by atomic mass is 32.2. The Morgan fingerprint density at radius 1 is 1.23 bits per heavy atom. The standard InChI is InChI=1S/C13H13FN2O5S/c1-7(17)15-9-4-3-8(14)10-11(9)13(19)16(12(10)18)5-6-22(2,20)21/h3-4H,5-6H2,1-2H3,(H,15,17). The molecule has 0 bridgehead atoms. The fourth-order valence-corrected chi connectivity index (χ4v) is 2.64. The summed E-state index contributed by atoms with van der Waals surface area (Å²) in [6.45, 7) is 0.836. The Bertz CT molecular complexity index is 788. The molecular weight excluding hydrogens is 315 g/mol. The Hall–Kier alpha value is -2.29. The maximum atomic E-state index is 13.8. The number of hydrogen-bond donors (Lipinski definition) is 1. The molecule has 0 saturated heterocycles. The lowest BCUT2D eigenvalue weighted by atomic mass is 10.1. The smallest absolute Gasteiger partial charge is 0.264 e. The van der Waals surface area contributed by atoms with Crippen molar-refractivity contribution in [2.45, 2.75) is 6.92 Å².